The molecule has 4 nitrogen and oxygen atoms in total. The van der Waals surface area contributed by atoms with Crippen LogP contribution in [-0.2, 0) is 13.6 Å². The van der Waals surface area contributed by atoms with Gasteiger partial charge >= 0.3 is 0 Å². The fraction of sp³-hybridized carbons (Fsp3) is 0.727. The average Bonchev–Trinajstić information content (AvgIpc) is 2.81. The molecule has 1 aromatic heterocycles. The summed E-state index contributed by atoms with van der Waals surface area (Å²) in [5, 5.41) is 8.20. The summed E-state index contributed by atoms with van der Waals surface area (Å²) in [5.41, 5.74) is 1.12. The van der Waals surface area contributed by atoms with Gasteiger partial charge in [0.05, 0.1) is 16.9 Å². The maximum absolute atomic E-state index is 6.12. The van der Waals surface area contributed by atoms with Crippen molar-refractivity contribution >= 4 is 11.6 Å². The first kappa shape index (κ1) is 11.9. The molecule has 0 aliphatic carbocycles. The lowest BCUT2D eigenvalue weighted by molar-refractivity contribution is 0.236. The summed E-state index contributed by atoms with van der Waals surface area (Å²) in [4.78, 5) is 2.49. The molecule has 0 amide bonds. The Hall–Kier alpha value is -0.580. The molecule has 1 fully saturated rings. The first-order chi connectivity index (χ1) is 7.72. The van der Waals surface area contributed by atoms with Crippen molar-refractivity contribution in [2.45, 2.75) is 25.4 Å². The van der Waals surface area contributed by atoms with Gasteiger partial charge in [-0.05, 0) is 26.4 Å². The Kier molecular flexibility index (Phi) is 3.84. The van der Waals surface area contributed by atoms with E-state index < -0.39 is 0 Å². The Morgan fingerprint density at radius 1 is 1.62 bits per heavy atom. The zero-order valence-corrected chi connectivity index (χ0v) is 10.7. The largest absolute Gasteiger partial charge is 0.318 e. The molecule has 1 atom stereocenters. The fourth-order valence-electron chi connectivity index (χ4n) is 2.38. The van der Waals surface area contributed by atoms with E-state index in [4.69, 9.17) is 11.6 Å². The summed E-state index contributed by atoms with van der Waals surface area (Å²) in [6.07, 6.45) is 4.28. The van der Waals surface area contributed by atoms with Crippen LogP contribution < -0.4 is 5.32 Å². The van der Waals surface area contributed by atoms with Crippen LogP contribution in [0.1, 0.15) is 18.5 Å². The molecule has 2 heterocycles. The monoisotopic (exact) mass is 242 g/mol. The number of nitrogens with one attached hydrogen (secondary N) is 1. The Balaban J connectivity index is 2.03. The van der Waals surface area contributed by atoms with E-state index in [9.17, 15) is 0 Å². The molecule has 0 bridgehead atoms. The van der Waals surface area contributed by atoms with Gasteiger partial charge in [0.15, 0.2) is 0 Å². The van der Waals surface area contributed by atoms with Crippen molar-refractivity contribution in [1.29, 1.82) is 0 Å². The minimum Gasteiger partial charge on any atom is -0.318 e. The molecule has 1 unspecified atom stereocenters. The second kappa shape index (κ2) is 5.17. The maximum Gasteiger partial charge on any atom is 0.0831 e. The van der Waals surface area contributed by atoms with E-state index in [0.717, 1.165) is 30.4 Å². The molecule has 1 saturated heterocycles. The minimum atomic E-state index is 0.635. The van der Waals surface area contributed by atoms with Gasteiger partial charge in [0, 0.05) is 26.2 Å². The molecule has 1 N–H and O–H groups in total. The van der Waals surface area contributed by atoms with Crippen molar-refractivity contribution in [2.75, 3.05) is 20.1 Å². The van der Waals surface area contributed by atoms with E-state index in [1.54, 1.807) is 6.20 Å². The third-order valence-electron chi connectivity index (χ3n) is 3.30. The number of hydrogen-bond acceptors (Lipinski definition) is 3. The van der Waals surface area contributed by atoms with E-state index in [0.29, 0.717) is 6.04 Å². The van der Waals surface area contributed by atoms with Gasteiger partial charge in [0.25, 0.3) is 0 Å². The van der Waals surface area contributed by atoms with Crippen molar-refractivity contribution in [3.63, 3.8) is 0 Å². The average molecular weight is 243 g/mol. The molecular weight excluding hydrogens is 224 g/mol. The van der Waals surface area contributed by atoms with E-state index in [2.05, 4.69) is 15.3 Å². The quantitative estimate of drug-likeness (QED) is 0.863. The predicted octanol–water partition coefficient (Wildman–Crippen LogP) is 1.26. The number of nitrogens with zero attached hydrogens (tertiary/aromatic N) is 3. The van der Waals surface area contributed by atoms with Gasteiger partial charge in [-0.25, -0.2) is 0 Å². The summed E-state index contributed by atoms with van der Waals surface area (Å²) in [7, 11) is 3.96. The lowest BCUT2D eigenvalue weighted by Gasteiger charge is -2.24. The number of aryl methyl sites for hydroxylation is 1. The fourth-order valence-corrected chi connectivity index (χ4v) is 2.60. The molecule has 2 rings (SSSR count). The molecule has 5 heteroatoms. The van der Waals surface area contributed by atoms with Crippen LogP contribution in [0, 0.1) is 0 Å². The second-order valence-electron chi connectivity index (χ2n) is 4.39. The zero-order chi connectivity index (χ0) is 11.5. The van der Waals surface area contributed by atoms with Gasteiger partial charge in [-0.1, -0.05) is 11.6 Å². The van der Waals surface area contributed by atoms with E-state index in [1.165, 1.54) is 12.8 Å². The highest BCUT2D eigenvalue weighted by Gasteiger charge is 2.25. The van der Waals surface area contributed by atoms with Crippen molar-refractivity contribution < 1.29 is 0 Å². The lowest BCUT2D eigenvalue weighted by Crippen LogP contribution is -2.36. The van der Waals surface area contributed by atoms with Crippen LogP contribution in [0.2, 0.25) is 5.02 Å². The van der Waals surface area contributed by atoms with Crippen LogP contribution in [0.5, 0.6) is 0 Å². The highest BCUT2D eigenvalue weighted by atomic mass is 35.5. The second-order valence-corrected chi connectivity index (χ2v) is 4.79. The van der Waals surface area contributed by atoms with Crippen molar-refractivity contribution in [1.82, 2.24) is 20.0 Å². The van der Waals surface area contributed by atoms with Crippen LogP contribution in [0.15, 0.2) is 6.20 Å². The molecular formula is C11H19ClN4. The van der Waals surface area contributed by atoms with Crippen LogP contribution in [-0.4, -0.2) is 40.9 Å². The summed E-state index contributed by atoms with van der Waals surface area (Å²) >= 11 is 6.12. The molecule has 1 aliphatic rings. The van der Waals surface area contributed by atoms with Gasteiger partial charge in [0.2, 0.25) is 0 Å². The van der Waals surface area contributed by atoms with Crippen LogP contribution in [0.25, 0.3) is 0 Å². The first-order valence-corrected chi connectivity index (χ1v) is 6.15. The third kappa shape index (κ3) is 2.39. The lowest BCUT2D eigenvalue weighted by atomic mass is 10.2. The predicted molar refractivity (Wildman–Crippen MR) is 65.6 cm³/mol. The van der Waals surface area contributed by atoms with Gasteiger partial charge in [-0.3, -0.25) is 9.58 Å². The molecule has 0 spiro atoms. The smallest absolute Gasteiger partial charge is 0.0831 e. The summed E-state index contributed by atoms with van der Waals surface area (Å²) in [5.74, 6) is 0. The van der Waals surface area contributed by atoms with E-state index >= 15 is 0 Å². The van der Waals surface area contributed by atoms with Crippen molar-refractivity contribution in [3.05, 3.63) is 16.9 Å². The van der Waals surface area contributed by atoms with Crippen LogP contribution in [0.4, 0.5) is 0 Å². The molecule has 1 aromatic rings. The molecule has 90 valence electrons. The molecule has 0 saturated carbocycles. The standard InChI is InChI=1S/C11H19ClN4/c1-13-6-9-4-3-5-16(9)8-11-10(12)7-14-15(11)2/h7,9,13H,3-6,8H2,1-2H3. The van der Waals surface area contributed by atoms with Gasteiger partial charge in [-0.2, -0.15) is 5.10 Å². The van der Waals surface area contributed by atoms with Crippen molar-refractivity contribution in [3.8, 4) is 0 Å². The molecule has 0 radical (unpaired) electrons. The van der Waals surface area contributed by atoms with E-state index in [-0.39, 0.29) is 0 Å². The normalized spacial score (nSPS) is 21.8. The summed E-state index contributed by atoms with van der Waals surface area (Å²) in [6.45, 7) is 3.12. The number of likely N-dealkylation sites (N-methyl/N-ethyl adjacent to an activating group) is 1. The molecule has 16 heavy (non-hydrogen) atoms. The van der Waals surface area contributed by atoms with Crippen molar-refractivity contribution in [2.24, 2.45) is 7.05 Å². The van der Waals surface area contributed by atoms with E-state index in [1.807, 2.05) is 18.8 Å². The molecule has 1 aliphatic heterocycles. The highest BCUT2D eigenvalue weighted by Crippen LogP contribution is 2.22. The number of likely N-dealkylation sites (tertiary alicyclic amines) is 1. The van der Waals surface area contributed by atoms with Gasteiger partial charge < -0.3 is 5.32 Å². The Morgan fingerprint density at radius 2 is 2.44 bits per heavy atom. The maximum atomic E-state index is 6.12. The minimum absolute atomic E-state index is 0.635. The first-order valence-electron chi connectivity index (χ1n) is 5.77. The zero-order valence-electron chi connectivity index (χ0n) is 9.91. The molecule has 0 aromatic carbocycles. The Morgan fingerprint density at radius 3 is 3.06 bits per heavy atom. The summed E-state index contributed by atoms with van der Waals surface area (Å²) in [6, 6.07) is 0.635. The topological polar surface area (TPSA) is 33.1 Å². The number of rotatable bonds is 4. The Labute approximate surface area is 102 Å². The van der Waals surface area contributed by atoms with Crippen LogP contribution >= 0.6 is 11.6 Å². The number of hydrogen-bond donors (Lipinski definition) is 1. The SMILES string of the molecule is CNCC1CCCN1Cc1c(Cl)cnn1C. The van der Waals surface area contributed by atoms with Gasteiger partial charge in [0.1, 0.15) is 0 Å². The van der Waals surface area contributed by atoms with Crippen LogP contribution in [0.3, 0.4) is 0 Å². The van der Waals surface area contributed by atoms with Gasteiger partial charge in [-0.15, -0.1) is 0 Å². The number of aromatic nitrogens is 2. The highest BCUT2D eigenvalue weighted by molar-refractivity contribution is 6.31. The summed E-state index contributed by atoms with van der Waals surface area (Å²) < 4.78 is 1.87. The number of halogens is 1. The Bertz CT molecular complexity index is 330. The third-order valence-corrected chi connectivity index (χ3v) is 3.62.